The molecule has 1 fully saturated rings. The van der Waals surface area contributed by atoms with Crippen molar-refractivity contribution < 1.29 is 19.1 Å². The van der Waals surface area contributed by atoms with Gasteiger partial charge in [0.25, 0.3) is 0 Å². The maximum atomic E-state index is 12.2. The Bertz CT molecular complexity index is 580. The van der Waals surface area contributed by atoms with Gasteiger partial charge >= 0.3 is 12.2 Å². The van der Waals surface area contributed by atoms with Crippen molar-refractivity contribution in [3.05, 3.63) is 48.6 Å². The van der Waals surface area contributed by atoms with E-state index in [9.17, 15) is 9.59 Å². The maximum absolute atomic E-state index is 12.2. The third-order valence-electron chi connectivity index (χ3n) is 4.36. The molecule has 1 aromatic carbocycles. The number of carbonyl (C=O) groups excluding carboxylic acids is 2. The summed E-state index contributed by atoms with van der Waals surface area (Å²) >= 11 is 0. The molecule has 6 nitrogen and oxygen atoms in total. The monoisotopic (exact) mass is 346 g/mol. The Balaban J connectivity index is 1.88. The van der Waals surface area contributed by atoms with Crippen molar-refractivity contribution in [2.24, 2.45) is 0 Å². The van der Waals surface area contributed by atoms with Crippen molar-refractivity contribution in [1.82, 2.24) is 10.2 Å². The molecule has 1 aromatic rings. The van der Waals surface area contributed by atoms with E-state index in [4.69, 9.17) is 9.47 Å². The van der Waals surface area contributed by atoms with Gasteiger partial charge in [-0.2, -0.15) is 0 Å². The number of hydrogen-bond acceptors (Lipinski definition) is 4. The van der Waals surface area contributed by atoms with Crippen LogP contribution in [0.4, 0.5) is 9.59 Å². The molecule has 0 atom stereocenters. The van der Waals surface area contributed by atoms with Gasteiger partial charge in [-0.15, -0.1) is 6.58 Å². The maximum Gasteiger partial charge on any atom is 0.409 e. The van der Waals surface area contributed by atoms with Crippen LogP contribution in [0.2, 0.25) is 0 Å². The lowest BCUT2D eigenvalue weighted by molar-refractivity contribution is 0.0753. The number of benzene rings is 1. The number of ether oxygens (including phenoxy) is 2. The Labute approximate surface area is 148 Å². The van der Waals surface area contributed by atoms with E-state index in [1.165, 1.54) is 0 Å². The fourth-order valence-corrected chi connectivity index (χ4v) is 2.96. The van der Waals surface area contributed by atoms with Gasteiger partial charge in [-0.3, -0.25) is 0 Å². The lowest BCUT2D eigenvalue weighted by Crippen LogP contribution is -2.56. The lowest BCUT2D eigenvalue weighted by atomic mass is 9.84. The highest BCUT2D eigenvalue weighted by atomic mass is 16.6. The molecule has 0 aromatic heterocycles. The Hall–Kier alpha value is -2.50. The molecule has 1 heterocycles. The summed E-state index contributed by atoms with van der Waals surface area (Å²) in [5, 5.41) is 2.98. The van der Waals surface area contributed by atoms with E-state index in [1.54, 1.807) is 17.9 Å². The van der Waals surface area contributed by atoms with Crippen LogP contribution in [0.15, 0.2) is 43.0 Å². The van der Waals surface area contributed by atoms with E-state index in [1.807, 2.05) is 30.3 Å². The van der Waals surface area contributed by atoms with Gasteiger partial charge in [0, 0.05) is 13.1 Å². The zero-order valence-electron chi connectivity index (χ0n) is 14.7. The summed E-state index contributed by atoms with van der Waals surface area (Å²) in [4.78, 5) is 25.7. The summed E-state index contributed by atoms with van der Waals surface area (Å²) in [6, 6.07) is 9.54. The van der Waals surface area contributed by atoms with Crippen LogP contribution >= 0.6 is 0 Å². The first-order chi connectivity index (χ1) is 12.1. The van der Waals surface area contributed by atoms with Crippen molar-refractivity contribution in [2.75, 3.05) is 19.7 Å². The lowest BCUT2D eigenvalue weighted by Gasteiger charge is -2.41. The molecule has 0 aliphatic carbocycles. The van der Waals surface area contributed by atoms with Gasteiger partial charge in [0.05, 0.1) is 12.1 Å². The smallest absolute Gasteiger partial charge is 0.409 e. The second kappa shape index (κ2) is 9.11. The molecule has 1 aliphatic heterocycles. The third-order valence-corrected chi connectivity index (χ3v) is 4.36. The number of hydrogen-bond donors (Lipinski definition) is 1. The van der Waals surface area contributed by atoms with Gasteiger partial charge in [-0.05, 0) is 31.7 Å². The van der Waals surface area contributed by atoms with E-state index in [-0.39, 0.29) is 12.7 Å². The number of piperidine rings is 1. The molecule has 0 radical (unpaired) electrons. The summed E-state index contributed by atoms with van der Waals surface area (Å²) in [5.74, 6) is 0. The second-order valence-electron chi connectivity index (χ2n) is 6.15. The minimum absolute atomic E-state index is 0.228. The number of nitrogens with one attached hydrogen (secondary N) is 1. The largest absolute Gasteiger partial charge is 0.450 e. The van der Waals surface area contributed by atoms with Crippen molar-refractivity contribution in [2.45, 2.75) is 38.3 Å². The molecular formula is C19H26N2O4. The molecule has 0 unspecified atom stereocenters. The molecule has 2 amide bonds. The standard InChI is InChI=1S/C19H26N2O4/c1-3-10-19(11-13-21(14-12-19)18(23)24-4-2)20-17(22)25-15-16-8-6-5-7-9-16/h3,5-9H,1,4,10-15H2,2H3,(H,20,22). The highest BCUT2D eigenvalue weighted by molar-refractivity contribution is 5.69. The zero-order chi connectivity index (χ0) is 18.1. The van der Waals surface area contributed by atoms with E-state index >= 15 is 0 Å². The summed E-state index contributed by atoms with van der Waals surface area (Å²) in [7, 11) is 0. The number of likely N-dealkylation sites (tertiary alicyclic amines) is 1. The van der Waals surface area contributed by atoms with Crippen LogP contribution in [0.25, 0.3) is 0 Å². The average molecular weight is 346 g/mol. The highest BCUT2D eigenvalue weighted by Gasteiger charge is 2.37. The van der Waals surface area contributed by atoms with Crippen LogP contribution in [-0.4, -0.2) is 42.3 Å². The van der Waals surface area contributed by atoms with Gasteiger partial charge < -0.3 is 19.7 Å². The zero-order valence-corrected chi connectivity index (χ0v) is 14.7. The molecule has 2 rings (SSSR count). The summed E-state index contributed by atoms with van der Waals surface area (Å²) in [6.07, 6.45) is 2.94. The Morgan fingerprint density at radius 3 is 2.52 bits per heavy atom. The molecular weight excluding hydrogens is 320 g/mol. The van der Waals surface area contributed by atoms with E-state index < -0.39 is 11.6 Å². The number of amides is 2. The van der Waals surface area contributed by atoms with Crippen molar-refractivity contribution >= 4 is 12.2 Å². The fourth-order valence-electron chi connectivity index (χ4n) is 2.96. The molecule has 0 saturated carbocycles. The molecule has 0 spiro atoms. The topological polar surface area (TPSA) is 67.9 Å². The average Bonchev–Trinajstić information content (AvgIpc) is 2.62. The Kier molecular flexibility index (Phi) is 6.86. The minimum atomic E-state index is -0.449. The van der Waals surface area contributed by atoms with E-state index in [0.29, 0.717) is 39.0 Å². The van der Waals surface area contributed by atoms with Crippen molar-refractivity contribution in [1.29, 1.82) is 0 Å². The summed E-state index contributed by atoms with van der Waals surface area (Å²) < 4.78 is 10.4. The van der Waals surface area contributed by atoms with Crippen molar-refractivity contribution in [3.63, 3.8) is 0 Å². The predicted molar refractivity (Wildman–Crippen MR) is 95.1 cm³/mol. The first kappa shape index (κ1) is 18.8. The summed E-state index contributed by atoms with van der Waals surface area (Å²) in [5.41, 5.74) is 0.506. The number of nitrogens with zero attached hydrogens (tertiary/aromatic N) is 1. The van der Waals surface area contributed by atoms with Crippen LogP contribution in [0, 0.1) is 0 Å². The van der Waals surface area contributed by atoms with Crippen LogP contribution in [0.1, 0.15) is 31.7 Å². The molecule has 6 heteroatoms. The predicted octanol–water partition coefficient (Wildman–Crippen LogP) is 3.48. The normalized spacial score (nSPS) is 16.0. The molecule has 1 saturated heterocycles. The quantitative estimate of drug-likeness (QED) is 0.801. The van der Waals surface area contributed by atoms with Crippen molar-refractivity contribution in [3.8, 4) is 0 Å². The number of carbonyl (C=O) groups is 2. The SMILES string of the molecule is C=CCC1(NC(=O)OCc2ccccc2)CCN(C(=O)OCC)CC1. The Morgan fingerprint density at radius 1 is 1.24 bits per heavy atom. The highest BCUT2D eigenvalue weighted by Crippen LogP contribution is 2.27. The minimum Gasteiger partial charge on any atom is -0.450 e. The van der Waals surface area contributed by atoms with Gasteiger partial charge in [0.2, 0.25) is 0 Å². The first-order valence-electron chi connectivity index (χ1n) is 8.60. The summed E-state index contributed by atoms with van der Waals surface area (Å²) in [6.45, 7) is 7.23. The molecule has 1 N–H and O–H groups in total. The third kappa shape index (κ3) is 5.52. The molecule has 0 bridgehead atoms. The van der Waals surface area contributed by atoms with Gasteiger partial charge in [-0.1, -0.05) is 36.4 Å². The molecule has 1 aliphatic rings. The van der Waals surface area contributed by atoms with Gasteiger partial charge in [0.15, 0.2) is 0 Å². The van der Waals surface area contributed by atoms with Crippen LogP contribution < -0.4 is 5.32 Å². The van der Waals surface area contributed by atoms with Crippen LogP contribution in [0.3, 0.4) is 0 Å². The van der Waals surface area contributed by atoms with Gasteiger partial charge in [0.1, 0.15) is 6.61 Å². The number of rotatable bonds is 6. The van der Waals surface area contributed by atoms with Crippen LogP contribution in [0.5, 0.6) is 0 Å². The fraction of sp³-hybridized carbons (Fsp3) is 0.474. The van der Waals surface area contributed by atoms with Gasteiger partial charge in [-0.25, -0.2) is 9.59 Å². The Morgan fingerprint density at radius 2 is 1.92 bits per heavy atom. The molecule has 136 valence electrons. The first-order valence-corrected chi connectivity index (χ1v) is 8.60. The number of alkyl carbamates (subject to hydrolysis) is 1. The van der Waals surface area contributed by atoms with Crippen LogP contribution in [-0.2, 0) is 16.1 Å². The molecule has 25 heavy (non-hydrogen) atoms. The van der Waals surface area contributed by atoms with E-state index in [2.05, 4.69) is 11.9 Å². The second-order valence-corrected chi connectivity index (χ2v) is 6.15. The van der Waals surface area contributed by atoms with E-state index in [0.717, 1.165) is 5.56 Å².